The lowest BCUT2D eigenvalue weighted by molar-refractivity contribution is -0.128. The molecule has 0 heterocycles. The Hall–Kier alpha value is -1.39. The van der Waals surface area contributed by atoms with Crippen LogP contribution in [0, 0.1) is 23.7 Å². The number of hydrogen-bond acceptors (Lipinski definition) is 3. The van der Waals surface area contributed by atoms with Crippen molar-refractivity contribution < 1.29 is 15.0 Å². The van der Waals surface area contributed by atoms with Crippen LogP contribution in [-0.4, -0.2) is 34.4 Å². The van der Waals surface area contributed by atoms with Gasteiger partial charge in [0.15, 0.2) is 0 Å². The smallest absolute Gasteiger partial charge is 0.223 e. The lowest BCUT2D eigenvalue weighted by Gasteiger charge is -2.31. The number of carbonyl (C=O) groups excluding carboxylic acids is 1. The number of nitrogens with one attached hydrogen (secondary N) is 1. The van der Waals surface area contributed by atoms with Crippen molar-refractivity contribution in [2.45, 2.75) is 102 Å². The predicted molar refractivity (Wildman–Crippen MR) is 123 cm³/mol. The predicted octanol–water partition coefficient (Wildman–Crippen LogP) is 4.62. The molecule has 31 heavy (non-hydrogen) atoms. The molecule has 2 unspecified atom stereocenters. The van der Waals surface area contributed by atoms with E-state index in [1.807, 2.05) is 18.2 Å². The summed E-state index contributed by atoms with van der Waals surface area (Å²) in [6, 6.07) is 10.0. The van der Waals surface area contributed by atoms with E-state index in [1.54, 1.807) is 0 Å². The summed E-state index contributed by atoms with van der Waals surface area (Å²) in [5.74, 6) is 1.33. The van der Waals surface area contributed by atoms with Gasteiger partial charge >= 0.3 is 0 Å². The molecule has 3 aliphatic carbocycles. The van der Waals surface area contributed by atoms with E-state index in [9.17, 15) is 15.0 Å². The van der Waals surface area contributed by atoms with Crippen LogP contribution >= 0.6 is 0 Å². The highest BCUT2D eigenvalue weighted by molar-refractivity contribution is 5.79. The molecule has 1 amide bonds. The van der Waals surface area contributed by atoms with Crippen molar-refractivity contribution in [2.24, 2.45) is 23.7 Å². The number of fused-ring (bicyclic) bond motifs is 1. The molecule has 0 saturated heterocycles. The fraction of sp³-hybridized carbons (Fsp3) is 0.741. The third kappa shape index (κ3) is 6.10. The fourth-order valence-electron chi connectivity index (χ4n) is 6.64. The largest absolute Gasteiger partial charge is 0.393 e. The van der Waals surface area contributed by atoms with Crippen molar-refractivity contribution in [2.75, 3.05) is 0 Å². The number of amides is 1. The highest BCUT2D eigenvalue weighted by atomic mass is 16.3. The van der Waals surface area contributed by atoms with Gasteiger partial charge in [-0.2, -0.15) is 0 Å². The first-order chi connectivity index (χ1) is 15.1. The van der Waals surface area contributed by atoms with Gasteiger partial charge in [0, 0.05) is 5.92 Å². The summed E-state index contributed by atoms with van der Waals surface area (Å²) < 4.78 is 0. The van der Waals surface area contributed by atoms with Gasteiger partial charge in [0.25, 0.3) is 0 Å². The normalized spacial score (nSPS) is 31.0. The minimum atomic E-state index is -0.432. The van der Waals surface area contributed by atoms with Gasteiger partial charge in [0.1, 0.15) is 0 Å². The van der Waals surface area contributed by atoms with Gasteiger partial charge in [-0.15, -0.1) is 0 Å². The molecule has 4 nitrogen and oxygen atoms in total. The Bertz CT molecular complexity index is 687. The van der Waals surface area contributed by atoms with Gasteiger partial charge in [-0.05, 0) is 55.4 Å². The summed E-state index contributed by atoms with van der Waals surface area (Å²) in [6.07, 6.45) is 13.0. The van der Waals surface area contributed by atoms with Crippen LogP contribution in [0.3, 0.4) is 0 Å². The van der Waals surface area contributed by atoms with Crippen LogP contribution < -0.4 is 5.32 Å². The average molecular weight is 428 g/mol. The zero-order valence-corrected chi connectivity index (χ0v) is 18.9. The lowest BCUT2D eigenvalue weighted by Crippen LogP contribution is -2.48. The van der Waals surface area contributed by atoms with Crippen molar-refractivity contribution >= 4 is 5.91 Å². The molecule has 0 spiro atoms. The molecule has 4 heteroatoms. The third-order valence-electron chi connectivity index (χ3n) is 8.28. The van der Waals surface area contributed by atoms with E-state index in [2.05, 4.69) is 17.4 Å². The highest BCUT2D eigenvalue weighted by Crippen LogP contribution is 2.42. The van der Waals surface area contributed by atoms with E-state index in [0.29, 0.717) is 30.6 Å². The van der Waals surface area contributed by atoms with Crippen molar-refractivity contribution in [3.8, 4) is 0 Å². The van der Waals surface area contributed by atoms with Crippen molar-refractivity contribution in [3.05, 3.63) is 35.9 Å². The van der Waals surface area contributed by atoms with Crippen LogP contribution in [0.1, 0.15) is 82.6 Å². The summed E-state index contributed by atoms with van der Waals surface area (Å²) in [7, 11) is 0. The van der Waals surface area contributed by atoms with E-state index in [-0.39, 0.29) is 17.9 Å². The molecule has 6 atom stereocenters. The van der Waals surface area contributed by atoms with Crippen molar-refractivity contribution in [1.82, 2.24) is 5.32 Å². The molecule has 0 radical (unpaired) electrons. The van der Waals surface area contributed by atoms with E-state index < -0.39 is 12.2 Å². The van der Waals surface area contributed by atoms with Gasteiger partial charge < -0.3 is 15.5 Å². The van der Waals surface area contributed by atoms with Crippen LogP contribution in [0.5, 0.6) is 0 Å². The number of benzene rings is 1. The summed E-state index contributed by atoms with van der Waals surface area (Å²) in [5, 5.41) is 24.8. The van der Waals surface area contributed by atoms with Gasteiger partial charge in [0.2, 0.25) is 5.91 Å². The van der Waals surface area contributed by atoms with Gasteiger partial charge in [0.05, 0.1) is 18.2 Å². The summed E-state index contributed by atoms with van der Waals surface area (Å²) in [6.45, 7) is 0. The Morgan fingerprint density at radius 2 is 1.71 bits per heavy atom. The van der Waals surface area contributed by atoms with Gasteiger partial charge in [-0.1, -0.05) is 81.7 Å². The zero-order valence-electron chi connectivity index (χ0n) is 18.9. The topological polar surface area (TPSA) is 69.6 Å². The molecule has 3 fully saturated rings. The number of aliphatic hydroxyl groups is 2. The molecule has 172 valence electrons. The van der Waals surface area contributed by atoms with Crippen molar-refractivity contribution in [3.63, 3.8) is 0 Å². The highest BCUT2D eigenvalue weighted by Gasteiger charge is 2.44. The molecule has 0 aromatic heterocycles. The second-order valence-corrected chi connectivity index (χ2v) is 10.6. The van der Waals surface area contributed by atoms with Gasteiger partial charge in [-0.25, -0.2) is 0 Å². The molecule has 3 saturated carbocycles. The molecule has 3 N–H and O–H groups in total. The average Bonchev–Trinajstić information content (AvgIpc) is 3.09. The van der Waals surface area contributed by atoms with E-state index in [4.69, 9.17) is 0 Å². The maximum absolute atomic E-state index is 13.4. The van der Waals surface area contributed by atoms with Crippen LogP contribution in [0.15, 0.2) is 30.3 Å². The third-order valence-corrected chi connectivity index (χ3v) is 8.28. The molecule has 0 aliphatic heterocycles. The maximum atomic E-state index is 13.4. The summed E-state index contributed by atoms with van der Waals surface area (Å²) in [4.78, 5) is 13.4. The second-order valence-electron chi connectivity index (χ2n) is 10.6. The van der Waals surface area contributed by atoms with Crippen LogP contribution in [-0.2, 0) is 11.2 Å². The zero-order chi connectivity index (χ0) is 21.6. The van der Waals surface area contributed by atoms with E-state index >= 15 is 0 Å². The van der Waals surface area contributed by atoms with Crippen molar-refractivity contribution in [1.29, 1.82) is 0 Å². The van der Waals surface area contributed by atoms with Crippen LogP contribution in [0.4, 0.5) is 0 Å². The minimum absolute atomic E-state index is 0.0156. The maximum Gasteiger partial charge on any atom is 0.223 e. The number of aliphatic hydroxyl groups excluding tert-OH is 2. The summed E-state index contributed by atoms with van der Waals surface area (Å²) in [5.41, 5.74) is 1.13. The standard InChI is InChI=1S/C27H41NO3/c29-23(16-20-11-5-2-6-12-20)17-22(15-19-9-3-1-4-10-19)27(31)28-26-24-14-8-7-13-21(24)18-25(26)30/h1,3-4,9-10,20-26,29-30H,2,5-8,11-18H2,(H,28,31)/t21?,22-,23-,24?,25-,26+/m1/s1. The number of hydrogen-bond donors (Lipinski definition) is 3. The Morgan fingerprint density at radius 3 is 2.48 bits per heavy atom. The number of carbonyl (C=O) groups is 1. The molecular formula is C27H41NO3. The van der Waals surface area contributed by atoms with E-state index in [0.717, 1.165) is 24.8 Å². The molecule has 4 rings (SSSR count). The molecule has 1 aromatic carbocycles. The minimum Gasteiger partial charge on any atom is -0.393 e. The monoisotopic (exact) mass is 427 g/mol. The Labute approximate surface area is 187 Å². The van der Waals surface area contributed by atoms with Gasteiger partial charge in [-0.3, -0.25) is 4.79 Å². The first-order valence-corrected chi connectivity index (χ1v) is 12.8. The van der Waals surface area contributed by atoms with Crippen LogP contribution in [0.2, 0.25) is 0 Å². The quantitative estimate of drug-likeness (QED) is 0.567. The Morgan fingerprint density at radius 1 is 1.00 bits per heavy atom. The summed E-state index contributed by atoms with van der Waals surface area (Å²) >= 11 is 0. The van der Waals surface area contributed by atoms with E-state index in [1.165, 1.54) is 51.4 Å². The second kappa shape index (κ2) is 11.0. The first kappa shape index (κ1) is 22.8. The number of rotatable bonds is 8. The molecular weight excluding hydrogens is 386 g/mol. The SMILES string of the molecule is O=C(N[C@H]1C2CCCCC2C[C@H]1O)[C@H](Cc1ccccc1)C[C@H](O)CC1CCCCC1. The Balaban J connectivity index is 1.40. The molecule has 3 aliphatic rings. The van der Waals surface area contributed by atoms with Crippen LogP contribution in [0.25, 0.3) is 0 Å². The Kier molecular flexibility index (Phi) is 8.06. The molecule has 0 bridgehead atoms. The first-order valence-electron chi connectivity index (χ1n) is 12.8. The molecule has 1 aromatic rings. The fourth-order valence-corrected chi connectivity index (χ4v) is 6.64. The lowest BCUT2D eigenvalue weighted by atomic mass is 9.80.